The van der Waals surface area contributed by atoms with Crippen molar-refractivity contribution in [2.75, 3.05) is 26.2 Å². The molecule has 3 rings (SSSR count). The van der Waals surface area contributed by atoms with Crippen molar-refractivity contribution in [2.24, 2.45) is 0 Å². The highest BCUT2D eigenvalue weighted by atomic mass is 32.2. The summed E-state index contributed by atoms with van der Waals surface area (Å²) in [4.78, 5) is 1.85. The third-order valence-corrected chi connectivity index (χ3v) is 7.23. The molecule has 5 heteroatoms. The Morgan fingerprint density at radius 3 is 2.19 bits per heavy atom. The van der Waals surface area contributed by atoms with Gasteiger partial charge in [0.2, 0.25) is 10.0 Å². The summed E-state index contributed by atoms with van der Waals surface area (Å²) in [5.41, 5.74) is 3.82. The lowest BCUT2D eigenvalue weighted by atomic mass is 10.0. The number of sulfonamides is 1. The van der Waals surface area contributed by atoms with Crippen molar-refractivity contribution >= 4 is 10.0 Å². The molecule has 0 saturated carbocycles. The SMILES string of the molecule is Cc1ccccc1C[NH+]1CCN(S(=O)(=O)c2ccc(C(C)C)cc2)CC1. The molecular formula is C21H29N2O2S+. The average Bonchev–Trinajstić information content (AvgIpc) is 2.64. The second kappa shape index (κ2) is 7.91. The summed E-state index contributed by atoms with van der Waals surface area (Å²) in [7, 11) is -3.39. The summed E-state index contributed by atoms with van der Waals surface area (Å²) in [6.45, 7) is 10.2. The number of rotatable bonds is 5. The smallest absolute Gasteiger partial charge is 0.243 e. The van der Waals surface area contributed by atoms with Gasteiger partial charge in [-0.3, -0.25) is 0 Å². The minimum absolute atomic E-state index is 0.403. The zero-order valence-corrected chi connectivity index (χ0v) is 16.7. The molecule has 0 aliphatic carbocycles. The van der Waals surface area contributed by atoms with Gasteiger partial charge in [-0.15, -0.1) is 0 Å². The van der Waals surface area contributed by atoms with E-state index < -0.39 is 10.0 Å². The highest BCUT2D eigenvalue weighted by Gasteiger charge is 2.30. The molecule has 2 aromatic carbocycles. The fourth-order valence-corrected chi connectivity index (χ4v) is 4.91. The molecule has 0 amide bonds. The first-order valence-corrected chi connectivity index (χ1v) is 10.8. The van der Waals surface area contributed by atoms with E-state index in [0.717, 1.165) is 25.2 Å². The number of quaternary nitrogens is 1. The van der Waals surface area contributed by atoms with E-state index in [-0.39, 0.29) is 0 Å². The number of hydrogen-bond donors (Lipinski definition) is 1. The largest absolute Gasteiger partial charge is 0.329 e. The average molecular weight is 374 g/mol. The second-order valence-electron chi connectivity index (χ2n) is 7.48. The molecule has 1 aliphatic heterocycles. The highest BCUT2D eigenvalue weighted by Crippen LogP contribution is 2.20. The Hall–Kier alpha value is -1.69. The van der Waals surface area contributed by atoms with E-state index >= 15 is 0 Å². The number of hydrogen-bond acceptors (Lipinski definition) is 2. The third-order valence-electron chi connectivity index (χ3n) is 5.32. The third kappa shape index (κ3) is 4.17. The molecule has 0 spiro atoms. The summed E-state index contributed by atoms with van der Waals surface area (Å²) in [5, 5.41) is 0. The number of piperazine rings is 1. The summed E-state index contributed by atoms with van der Waals surface area (Å²) >= 11 is 0. The van der Waals surface area contributed by atoms with Crippen molar-refractivity contribution < 1.29 is 13.3 Å². The van der Waals surface area contributed by atoms with Crippen LogP contribution in [-0.4, -0.2) is 38.9 Å². The van der Waals surface area contributed by atoms with Crippen LogP contribution in [-0.2, 0) is 16.6 Å². The van der Waals surface area contributed by atoms with Gasteiger partial charge in [0.05, 0.1) is 31.1 Å². The topological polar surface area (TPSA) is 41.8 Å². The maximum absolute atomic E-state index is 12.9. The lowest BCUT2D eigenvalue weighted by Crippen LogP contribution is -3.13. The fourth-order valence-electron chi connectivity index (χ4n) is 3.47. The van der Waals surface area contributed by atoms with Crippen LogP contribution < -0.4 is 4.90 Å². The summed E-state index contributed by atoms with van der Waals surface area (Å²) < 4.78 is 27.4. The van der Waals surface area contributed by atoms with Crippen molar-refractivity contribution in [1.82, 2.24) is 4.31 Å². The van der Waals surface area contributed by atoms with Gasteiger partial charge >= 0.3 is 0 Å². The van der Waals surface area contributed by atoms with E-state index in [1.165, 1.54) is 16.0 Å². The van der Waals surface area contributed by atoms with E-state index in [4.69, 9.17) is 0 Å². The Morgan fingerprint density at radius 1 is 1.00 bits per heavy atom. The van der Waals surface area contributed by atoms with Crippen LogP contribution in [0.25, 0.3) is 0 Å². The Kier molecular flexibility index (Phi) is 5.80. The van der Waals surface area contributed by atoms with E-state index in [1.807, 2.05) is 12.1 Å². The lowest BCUT2D eigenvalue weighted by Gasteiger charge is -2.31. The summed E-state index contributed by atoms with van der Waals surface area (Å²) in [6.07, 6.45) is 0. The van der Waals surface area contributed by atoms with Crippen LogP contribution in [0.5, 0.6) is 0 Å². The Labute approximate surface area is 157 Å². The van der Waals surface area contributed by atoms with Crippen LogP contribution in [0.4, 0.5) is 0 Å². The molecule has 0 radical (unpaired) electrons. The van der Waals surface area contributed by atoms with Gasteiger partial charge in [-0.2, -0.15) is 4.31 Å². The van der Waals surface area contributed by atoms with Crippen LogP contribution in [0.1, 0.15) is 36.5 Å². The molecule has 140 valence electrons. The molecule has 1 saturated heterocycles. The second-order valence-corrected chi connectivity index (χ2v) is 9.42. The summed E-state index contributed by atoms with van der Waals surface area (Å²) in [6, 6.07) is 15.8. The molecule has 0 atom stereocenters. The predicted octanol–water partition coefficient (Wildman–Crippen LogP) is 2.21. The number of nitrogens with zero attached hydrogens (tertiary/aromatic N) is 1. The minimum Gasteiger partial charge on any atom is -0.329 e. The standard InChI is InChI=1S/C21H28N2O2S/c1-17(2)19-8-10-21(11-9-19)26(24,25)23-14-12-22(13-15-23)16-20-7-5-4-6-18(20)3/h4-11,17H,12-16H2,1-3H3/p+1. The normalized spacial score (nSPS) is 16.9. The fraction of sp³-hybridized carbons (Fsp3) is 0.429. The van der Waals surface area contributed by atoms with Gasteiger partial charge in [0.25, 0.3) is 0 Å². The minimum atomic E-state index is -3.39. The first kappa shape index (κ1) is 19.1. The van der Waals surface area contributed by atoms with Gasteiger partial charge in [0.1, 0.15) is 6.54 Å². The number of benzene rings is 2. The van der Waals surface area contributed by atoms with Gasteiger partial charge < -0.3 is 4.90 Å². The Morgan fingerprint density at radius 2 is 1.62 bits per heavy atom. The number of nitrogens with one attached hydrogen (secondary N) is 1. The Bertz CT molecular complexity index is 837. The lowest BCUT2D eigenvalue weighted by molar-refractivity contribution is -0.917. The zero-order valence-electron chi connectivity index (χ0n) is 15.9. The Balaban J connectivity index is 1.64. The molecular weight excluding hydrogens is 344 g/mol. The van der Waals surface area contributed by atoms with E-state index in [2.05, 4.69) is 45.0 Å². The zero-order chi connectivity index (χ0) is 18.7. The summed E-state index contributed by atoms with van der Waals surface area (Å²) in [5.74, 6) is 0.403. The van der Waals surface area contributed by atoms with Gasteiger partial charge in [0, 0.05) is 5.56 Å². The van der Waals surface area contributed by atoms with Crippen molar-refractivity contribution in [1.29, 1.82) is 0 Å². The molecule has 4 nitrogen and oxygen atoms in total. The van der Waals surface area contributed by atoms with Gasteiger partial charge in [-0.05, 0) is 36.1 Å². The molecule has 0 aromatic heterocycles. The van der Waals surface area contributed by atoms with Crippen LogP contribution in [0.3, 0.4) is 0 Å². The molecule has 1 N–H and O–H groups in total. The van der Waals surface area contributed by atoms with Crippen molar-refractivity contribution in [3.05, 3.63) is 65.2 Å². The first-order valence-electron chi connectivity index (χ1n) is 9.36. The van der Waals surface area contributed by atoms with E-state index in [1.54, 1.807) is 16.4 Å². The predicted molar refractivity (Wildman–Crippen MR) is 105 cm³/mol. The van der Waals surface area contributed by atoms with E-state index in [0.29, 0.717) is 23.9 Å². The van der Waals surface area contributed by atoms with E-state index in [9.17, 15) is 8.42 Å². The molecule has 1 heterocycles. The maximum Gasteiger partial charge on any atom is 0.243 e. The maximum atomic E-state index is 12.9. The molecule has 2 aromatic rings. The van der Waals surface area contributed by atoms with Crippen molar-refractivity contribution in [2.45, 2.75) is 38.1 Å². The van der Waals surface area contributed by atoms with Crippen molar-refractivity contribution in [3.63, 3.8) is 0 Å². The van der Waals surface area contributed by atoms with Crippen molar-refractivity contribution in [3.8, 4) is 0 Å². The van der Waals surface area contributed by atoms with Crippen LogP contribution in [0.2, 0.25) is 0 Å². The molecule has 1 fully saturated rings. The highest BCUT2D eigenvalue weighted by molar-refractivity contribution is 7.89. The number of aryl methyl sites for hydroxylation is 1. The first-order chi connectivity index (χ1) is 12.4. The van der Waals surface area contributed by atoms with Gasteiger partial charge in [-0.25, -0.2) is 8.42 Å². The molecule has 0 unspecified atom stereocenters. The van der Waals surface area contributed by atoms with Gasteiger partial charge in [0.15, 0.2) is 0 Å². The van der Waals surface area contributed by atoms with Crippen LogP contribution >= 0.6 is 0 Å². The molecule has 0 bridgehead atoms. The monoisotopic (exact) mass is 373 g/mol. The molecule has 26 heavy (non-hydrogen) atoms. The molecule has 1 aliphatic rings. The quantitative estimate of drug-likeness (QED) is 0.873. The van der Waals surface area contributed by atoms with Gasteiger partial charge in [-0.1, -0.05) is 50.2 Å². The van der Waals surface area contributed by atoms with Crippen LogP contribution in [0, 0.1) is 6.92 Å². The van der Waals surface area contributed by atoms with Crippen LogP contribution in [0.15, 0.2) is 53.4 Å².